The van der Waals surface area contributed by atoms with Crippen LogP contribution in [0.4, 0.5) is 8.78 Å². The van der Waals surface area contributed by atoms with Crippen molar-refractivity contribution in [1.82, 2.24) is 30.3 Å². The van der Waals surface area contributed by atoms with Gasteiger partial charge in [-0.15, -0.1) is 0 Å². The van der Waals surface area contributed by atoms with Gasteiger partial charge >= 0.3 is 0 Å². The van der Waals surface area contributed by atoms with E-state index >= 15 is 0 Å². The number of hydrogen-bond donors (Lipinski definition) is 2. The number of aromatic nitrogens is 5. The number of aromatic amines is 1. The highest BCUT2D eigenvalue weighted by atomic mass is 19.1. The topological polar surface area (TPSA) is 71.4 Å². The molecule has 3 heterocycles. The van der Waals surface area contributed by atoms with Crippen LogP contribution in [0.5, 0.6) is 0 Å². The molecular weight excluding hydrogens is 350 g/mol. The highest BCUT2D eigenvalue weighted by Gasteiger charge is 2.17. The van der Waals surface area contributed by atoms with E-state index in [2.05, 4.69) is 25.6 Å². The van der Waals surface area contributed by atoms with Crippen molar-refractivity contribution < 1.29 is 8.78 Å². The Balaban J connectivity index is 1.80. The first-order chi connectivity index (χ1) is 13.1. The summed E-state index contributed by atoms with van der Waals surface area (Å²) in [5.74, 6) is -1.28. The third-order valence-corrected chi connectivity index (χ3v) is 4.36. The van der Waals surface area contributed by atoms with Gasteiger partial charge < -0.3 is 5.32 Å². The Hall–Kier alpha value is -3.13. The maximum atomic E-state index is 14.6. The summed E-state index contributed by atoms with van der Waals surface area (Å²) in [6.07, 6.45) is 5.04. The maximum Gasteiger partial charge on any atom is 0.135 e. The van der Waals surface area contributed by atoms with Crippen molar-refractivity contribution in [2.24, 2.45) is 7.05 Å². The Labute approximate surface area is 154 Å². The third kappa shape index (κ3) is 3.19. The van der Waals surface area contributed by atoms with Crippen LogP contribution in [0, 0.1) is 11.6 Å². The van der Waals surface area contributed by atoms with E-state index in [-0.39, 0.29) is 11.3 Å². The van der Waals surface area contributed by atoms with Crippen LogP contribution in [0.2, 0.25) is 0 Å². The van der Waals surface area contributed by atoms with Crippen molar-refractivity contribution >= 4 is 10.9 Å². The second kappa shape index (κ2) is 6.88. The van der Waals surface area contributed by atoms with E-state index in [1.807, 2.05) is 20.2 Å². The molecule has 138 valence electrons. The predicted molar refractivity (Wildman–Crippen MR) is 98.8 cm³/mol. The zero-order valence-electron chi connectivity index (χ0n) is 14.9. The minimum Gasteiger partial charge on any atom is -0.313 e. The summed E-state index contributed by atoms with van der Waals surface area (Å²) in [4.78, 5) is 4.22. The van der Waals surface area contributed by atoms with E-state index in [4.69, 9.17) is 0 Å². The number of aryl methyl sites for hydroxylation is 1. The van der Waals surface area contributed by atoms with Gasteiger partial charge in [0, 0.05) is 30.7 Å². The molecule has 0 atom stereocenters. The predicted octanol–water partition coefficient (Wildman–Crippen LogP) is 3.41. The Bertz CT molecular complexity index is 1090. The lowest BCUT2D eigenvalue weighted by molar-refractivity contribution is 0.581. The third-order valence-electron chi connectivity index (χ3n) is 4.36. The van der Waals surface area contributed by atoms with Crippen molar-refractivity contribution in [2.45, 2.75) is 13.5 Å². The highest BCUT2D eigenvalue weighted by Crippen LogP contribution is 2.31. The van der Waals surface area contributed by atoms with Crippen molar-refractivity contribution in [3.63, 3.8) is 0 Å². The van der Waals surface area contributed by atoms with Crippen molar-refractivity contribution in [2.75, 3.05) is 6.54 Å². The number of H-pyrrole nitrogens is 1. The molecule has 3 aromatic heterocycles. The van der Waals surface area contributed by atoms with Gasteiger partial charge in [0.2, 0.25) is 0 Å². The molecule has 0 bridgehead atoms. The van der Waals surface area contributed by atoms with Crippen LogP contribution in [-0.4, -0.2) is 31.5 Å². The van der Waals surface area contributed by atoms with Crippen molar-refractivity contribution in [1.29, 1.82) is 0 Å². The van der Waals surface area contributed by atoms with E-state index in [0.29, 0.717) is 23.3 Å². The van der Waals surface area contributed by atoms with Gasteiger partial charge in [-0.05, 0) is 30.3 Å². The van der Waals surface area contributed by atoms with Crippen LogP contribution in [0.1, 0.15) is 12.5 Å². The Kier molecular flexibility index (Phi) is 4.41. The first kappa shape index (κ1) is 17.3. The van der Waals surface area contributed by atoms with Gasteiger partial charge in [0.15, 0.2) is 0 Å². The van der Waals surface area contributed by atoms with Gasteiger partial charge in [0.05, 0.1) is 29.2 Å². The minimum absolute atomic E-state index is 0.143. The molecular formula is C19H18F2N6. The van der Waals surface area contributed by atoms with Crippen LogP contribution in [0.25, 0.3) is 33.4 Å². The van der Waals surface area contributed by atoms with Gasteiger partial charge in [0.1, 0.15) is 17.3 Å². The molecule has 0 unspecified atom stereocenters. The molecule has 1 aromatic carbocycles. The molecule has 0 aliphatic heterocycles. The monoisotopic (exact) mass is 368 g/mol. The fourth-order valence-electron chi connectivity index (χ4n) is 3.06. The van der Waals surface area contributed by atoms with Gasteiger partial charge in [-0.2, -0.15) is 10.2 Å². The average molecular weight is 368 g/mol. The lowest BCUT2D eigenvalue weighted by Gasteiger charge is -2.08. The molecule has 8 heteroatoms. The molecule has 0 fully saturated rings. The van der Waals surface area contributed by atoms with E-state index < -0.39 is 11.6 Å². The van der Waals surface area contributed by atoms with Crippen molar-refractivity contribution in [3.05, 3.63) is 54.0 Å². The maximum absolute atomic E-state index is 14.6. The SMILES string of the molecule is CCNCc1cc(F)c(-c2cc3c(-c4cnn(C)c4)n[nH]c3cn2)c(F)c1. The summed E-state index contributed by atoms with van der Waals surface area (Å²) in [6.45, 7) is 3.07. The molecule has 0 aliphatic rings. The van der Waals surface area contributed by atoms with Gasteiger partial charge in [-0.25, -0.2) is 8.78 Å². The van der Waals surface area contributed by atoms with Crippen molar-refractivity contribution in [3.8, 4) is 22.5 Å². The van der Waals surface area contributed by atoms with E-state index in [9.17, 15) is 8.78 Å². The summed E-state index contributed by atoms with van der Waals surface area (Å²) in [5, 5.41) is 15.1. The molecule has 0 amide bonds. The highest BCUT2D eigenvalue weighted by molar-refractivity contribution is 5.94. The zero-order valence-corrected chi connectivity index (χ0v) is 14.9. The molecule has 0 saturated carbocycles. The lowest BCUT2D eigenvalue weighted by Crippen LogP contribution is -2.12. The van der Waals surface area contributed by atoms with Crippen LogP contribution in [0.3, 0.4) is 0 Å². The Morgan fingerprint density at radius 3 is 2.59 bits per heavy atom. The molecule has 27 heavy (non-hydrogen) atoms. The molecule has 0 spiro atoms. The Morgan fingerprint density at radius 2 is 1.93 bits per heavy atom. The number of fused-ring (bicyclic) bond motifs is 1. The van der Waals surface area contributed by atoms with Crippen LogP contribution >= 0.6 is 0 Å². The number of benzene rings is 1. The molecule has 0 radical (unpaired) electrons. The lowest BCUT2D eigenvalue weighted by atomic mass is 10.0. The van der Waals surface area contributed by atoms with Gasteiger partial charge in [-0.3, -0.25) is 14.8 Å². The largest absolute Gasteiger partial charge is 0.313 e. The molecule has 0 saturated heterocycles. The molecule has 4 aromatic rings. The second-order valence-electron chi connectivity index (χ2n) is 6.30. The fourth-order valence-corrected chi connectivity index (χ4v) is 3.06. The molecule has 2 N–H and O–H groups in total. The molecule has 0 aliphatic carbocycles. The number of rotatable bonds is 5. The number of nitrogens with one attached hydrogen (secondary N) is 2. The number of pyridine rings is 1. The average Bonchev–Trinajstić information content (AvgIpc) is 3.25. The summed E-state index contributed by atoms with van der Waals surface area (Å²) >= 11 is 0. The Morgan fingerprint density at radius 1 is 1.15 bits per heavy atom. The number of hydrogen-bond acceptors (Lipinski definition) is 4. The molecule has 4 rings (SSSR count). The first-order valence-corrected chi connectivity index (χ1v) is 8.59. The quantitative estimate of drug-likeness (QED) is 0.566. The summed E-state index contributed by atoms with van der Waals surface area (Å²) < 4.78 is 30.9. The van der Waals surface area contributed by atoms with Crippen LogP contribution < -0.4 is 5.32 Å². The second-order valence-corrected chi connectivity index (χ2v) is 6.30. The normalized spacial score (nSPS) is 11.4. The van der Waals surface area contributed by atoms with E-state index in [0.717, 1.165) is 17.5 Å². The summed E-state index contributed by atoms with van der Waals surface area (Å²) in [7, 11) is 1.81. The fraction of sp³-hybridized carbons (Fsp3) is 0.211. The van der Waals surface area contributed by atoms with Gasteiger partial charge in [0.25, 0.3) is 0 Å². The zero-order chi connectivity index (χ0) is 19.0. The molecule has 6 nitrogen and oxygen atoms in total. The first-order valence-electron chi connectivity index (χ1n) is 8.59. The van der Waals surface area contributed by atoms with E-state index in [1.165, 1.54) is 18.3 Å². The standard InChI is InChI=1S/C19H18F2N6/c1-3-22-7-11-4-14(20)18(15(21)5-11)16-6-13-17(9-23-16)25-26-19(13)12-8-24-27(2)10-12/h4-6,8-10,22H,3,7H2,1-2H3,(H,25,26). The van der Waals surface area contributed by atoms with E-state index in [1.54, 1.807) is 16.9 Å². The van der Waals surface area contributed by atoms with Gasteiger partial charge in [-0.1, -0.05) is 6.92 Å². The summed E-state index contributed by atoms with van der Waals surface area (Å²) in [6, 6.07) is 4.32. The minimum atomic E-state index is -0.638. The van der Waals surface area contributed by atoms with Crippen LogP contribution in [-0.2, 0) is 13.6 Å². The number of halogens is 2. The number of nitrogens with zero attached hydrogens (tertiary/aromatic N) is 4. The summed E-state index contributed by atoms with van der Waals surface area (Å²) in [5.41, 5.74) is 2.78. The smallest absolute Gasteiger partial charge is 0.135 e. The van der Waals surface area contributed by atoms with Crippen LogP contribution in [0.15, 0.2) is 36.8 Å².